The number of benzene rings is 1. The van der Waals surface area contributed by atoms with Crippen LogP contribution in [0, 0.1) is 0 Å². The molecule has 0 aliphatic heterocycles. The summed E-state index contributed by atoms with van der Waals surface area (Å²) in [5.74, 6) is 0.424. The Balaban J connectivity index is 2.19. The Morgan fingerprint density at radius 2 is 1.88 bits per heavy atom. The quantitative estimate of drug-likeness (QED) is 0.932. The van der Waals surface area contributed by atoms with Crippen LogP contribution >= 0.6 is 23.2 Å². The molecule has 2 aromatic rings. The fourth-order valence-electron chi connectivity index (χ4n) is 1.13. The van der Waals surface area contributed by atoms with Crippen molar-refractivity contribution < 1.29 is 9.84 Å². The molecule has 0 aliphatic rings. The van der Waals surface area contributed by atoms with E-state index in [2.05, 4.69) is 9.97 Å². The van der Waals surface area contributed by atoms with Crippen molar-refractivity contribution >= 4 is 23.2 Å². The average molecular weight is 271 g/mol. The van der Waals surface area contributed by atoms with Crippen LogP contribution in [0.1, 0.15) is 5.56 Å². The summed E-state index contributed by atoms with van der Waals surface area (Å²) in [6.07, 6.45) is 2.96. The Morgan fingerprint density at radius 1 is 1.18 bits per heavy atom. The van der Waals surface area contributed by atoms with E-state index < -0.39 is 0 Å². The molecule has 0 spiro atoms. The van der Waals surface area contributed by atoms with Crippen LogP contribution in [0.2, 0.25) is 10.0 Å². The number of aliphatic hydroxyl groups is 1. The molecule has 1 N–H and O–H groups in total. The van der Waals surface area contributed by atoms with Crippen molar-refractivity contribution in [2.75, 3.05) is 0 Å². The lowest BCUT2D eigenvalue weighted by Crippen LogP contribution is -1.94. The third kappa shape index (κ3) is 3.06. The topological polar surface area (TPSA) is 55.2 Å². The SMILES string of the molecule is OCc1cnc(Oc2ccc(Cl)cc2Cl)nc1. The molecule has 0 amide bonds. The van der Waals surface area contributed by atoms with Crippen LogP contribution in [0.5, 0.6) is 11.8 Å². The summed E-state index contributed by atoms with van der Waals surface area (Å²) in [6, 6.07) is 5.02. The molecule has 88 valence electrons. The zero-order valence-corrected chi connectivity index (χ0v) is 10.1. The Labute approximate surface area is 108 Å². The maximum absolute atomic E-state index is 8.84. The largest absolute Gasteiger partial charge is 0.423 e. The van der Waals surface area contributed by atoms with Gasteiger partial charge in [0.2, 0.25) is 0 Å². The molecule has 0 unspecified atom stereocenters. The van der Waals surface area contributed by atoms with Gasteiger partial charge in [-0.25, -0.2) is 9.97 Å². The van der Waals surface area contributed by atoms with Gasteiger partial charge in [-0.3, -0.25) is 0 Å². The summed E-state index contributed by atoms with van der Waals surface area (Å²) in [5.41, 5.74) is 0.611. The highest BCUT2D eigenvalue weighted by Gasteiger charge is 2.05. The predicted molar refractivity (Wildman–Crippen MR) is 64.5 cm³/mol. The number of aliphatic hydroxyl groups excluding tert-OH is 1. The van der Waals surface area contributed by atoms with Crippen LogP contribution in [0.3, 0.4) is 0 Å². The Kier molecular flexibility index (Phi) is 3.78. The van der Waals surface area contributed by atoms with Gasteiger partial charge in [-0.05, 0) is 18.2 Å². The van der Waals surface area contributed by atoms with Crippen LogP contribution in [-0.2, 0) is 6.61 Å². The van der Waals surface area contributed by atoms with Crippen molar-refractivity contribution in [1.82, 2.24) is 9.97 Å². The summed E-state index contributed by atoms with van der Waals surface area (Å²) in [4.78, 5) is 7.85. The number of halogens is 2. The first kappa shape index (κ1) is 12.1. The van der Waals surface area contributed by atoms with Crippen molar-refractivity contribution in [3.8, 4) is 11.8 Å². The van der Waals surface area contributed by atoms with Gasteiger partial charge in [0, 0.05) is 23.0 Å². The zero-order valence-electron chi connectivity index (χ0n) is 8.60. The smallest absolute Gasteiger partial charge is 0.321 e. The molecule has 0 atom stereocenters. The van der Waals surface area contributed by atoms with Crippen molar-refractivity contribution in [3.63, 3.8) is 0 Å². The van der Waals surface area contributed by atoms with E-state index in [1.807, 2.05) is 0 Å². The minimum Gasteiger partial charge on any atom is -0.423 e. The molecule has 0 bridgehead atoms. The summed E-state index contributed by atoms with van der Waals surface area (Å²) >= 11 is 11.7. The fraction of sp³-hybridized carbons (Fsp3) is 0.0909. The van der Waals surface area contributed by atoms with Crippen LogP contribution in [0.25, 0.3) is 0 Å². The van der Waals surface area contributed by atoms with E-state index in [1.165, 1.54) is 12.4 Å². The number of rotatable bonds is 3. The van der Waals surface area contributed by atoms with E-state index in [0.717, 1.165) is 0 Å². The van der Waals surface area contributed by atoms with Crippen molar-refractivity contribution in [2.24, 2.45) is 0 Å². The summed E-state index contributed by atoms with van der Waals surface area (Å²) in [5, 5.41) is 9.74. The van der Waals surface area contributed by atoms with Crippen molar-refractivity contribution in [3.05, 3.63) is 46.2 Å². The molecule has 2 rings (SSSR count). The van der Waals surface area contributed by atoms with Gasteiger partial charge >= 0.3 is 6.01 Å². The molecule has 0 saturated carbocycles. The number of ether oxygens (including phenoxy) is 1. The molecule has 0 aliphatic carbocycles. The molecule has 1 aromatic heterocycles. The zero-order chi connectivity index (χ0) is 12.3. The highest BCUT2D eigenvalue weighted by Crippen LogP contribution is 2.29. The monoisotopic (exact) mass is 270 g/mol. The molecule has 0 fully saturated rings. The van der Waals surface area contributed by atoms with Gasteiger partial charge in [0.1, 0.15) is 5.75 Å². The lowest BCUT2D eigenvalue weighted by atomic mass is 10.3. The molecule has 0 saturated heterocycles. The normalized spacial score (nSPS) is 10.3. The molecule has 17 heavy (non-hydrogen) atoms. The van der Waals surface area contributed by atoms with E-state index in [0.29, 0.717) is 21.4 Å². The van der Waals surface area contributed by atoms with Gasteiger partial charge in [-0.1, -0.05) is 23.2 Å². The van der Waals surface area contributed by atoms with Gasteiger partial charge in [0.15, 0.2) is 0 Å². The van der Waals surface area contributed by atoms with Gasteiger partial charge in [-0.15, -0.1) is 0 Å². The fourth-order valence-corrected chi connectivity index (χ4v) is 1.58. The van der Waals surface area contributed by atoms with Crippen molar-refractivity contribution in [2.45, 2.75) is 6.61 Å². The second-order valence-corrected chi connectivity index (χ2v) is 4.05. The minimum absolute atomic E-state index is 0.109. The highest BCUT2D eigenvalue weighted by molar-refractivity contribution is 6.35. The minimum atomic E-state index is -0.109. The molecule has 4 nitrogen and oxygen atoms in total. The van der Waals surface area contributed by atoms with E-state index >= 15 is 0 Å². The summed E-state index contributed by atoms with van der Waals surface area (Å²) in [7, 11) is 0. The summed E-state index contributed by atoms with van der Waals surface area (Å²) in [6.45, 7) is -0.109. The molecular formula is C11H8Cl2N2O2. The first-order valence-electron chi connectivity index (χ1n) is 4.73. The van der Waals surface area contributed by atoms with Crippen LogP contribution in [0.4, 0.5) is 0 Å². The van der Waals surface area contributed by atoms with Crippen LogP contribution < -0.4 is 4.74 Å². The third-order valence-corrected chi connectivity index (χ3v) is 2.49. The second-order valence-electron chi connectivity index (χ2n) is 3.21. The molecule has 6 heteroatoms. The van der Waals surface area contributed by atoms with E-state index in [9.17, 15) is 0 Å². The van der Waals surface area contributed by atoms with E-state index in [1.54, 1.807) is 18.2 Å². The third-order valence-electron chi connectivity index (χ3n) is 1.96. The number of hydrogen-bond acceptors (Lipinski definition) is 4. The molecule has 0 radical (unpaired) electrons. The lowest BCUT2D eigenvalue weighted by molar-refractivity contribution is 0.280. The first-order chi connectivity index (χ1) is 8.19. The van der Waals surface area contributed by atoms with Gasteiger partial charge in [-0.2, -0.15) is 0 Å². The number of aromatic nitrogens is 2. The van der Waals surface area contributed by atoms with Crippen LogP contribution in [-0.4, -0.2) is 15.1 Å². The Hall–Kier alpha value is -1.36. The molecule has 1 heterocycles. The maximum Gasteiger partial charge on any atom is 0.321 e. The van der Waals surface area contributed by atoms with Gasteiger partial charge < -0.3 is 9.84 Å². The number of hydrogen-bond donors (Lipinski definition) is 1. The van der Waals surface area contributed by atoms with Crippen LogP contribution in [0.15, 0.2) is 30.6 Å². The van der Waals surface area contributed by atoms with E-state index in [-0.39, 0.29) is 12.6 Å². The average Bonchev–Trinajstić information content (AvgIpc) is 2.34. The first-order valence-corrected chi connectivity index (χ1v) is 5.49. The van der Waals surface area contributed by atoms with Gasteiger partial charge in [0.25, 0.3) is 0 Å². The summed E-state index contributed by atoms with van der Waals surface area (Å²) < 4.78 is 5.37. The number of nitrogens with zero attached hydrogens (tertiary/aromatic N) is 2. The van der Waals surface area contributed by atoms with Gasteiger partial charge in [0.05, 0.1) is 11.6 Å². The Morgan fingerprint density at radius 3 is 2.47 bits per heavy atom. The lowest BCUT2D eigenvalue weighted by Gasteiger charge is -2.05. The maximum atomic E-state index is 8.84. The second kappa shape index (κ2) is 5.31. The molecule has 1 aromatic carbocycles. The molecular weight excluding hydrogens is 263 g/mol. The van der Waals surface area contributed by atoms with E-state index in [4.69, 9.17) is 33.0 Å². The van der Waals surface area contributed by atoms with Crippen molar-refractivity contribution in [1.29, 1.82) is 0 Å². The Bertz CT molecular complexity index is 517. The highest BCUT2D eigenvalue weighted by atomic mass is 35.5. The standard InChI is InChI=1S/C11H8Cl2N2O2/c12-8-1-2-10(9(13)3-8)17-11-14-4-7(6-16)5-15-11/h1-5,16H,6H2. The predicted octanol–water partition coefficient (Wildman–Crippen LogP) is 3.07.